The van der Waals surface area contributed by atoms with Gasteiger partial charge in [-0.1, -0.05) is 6.07 Å². The summed E-state index contributed by atoms with van der Waals surface area (Å²) in [6.07, 6.45) is 3.11. The lowest BCUT2D eigenvalue weighted by Crippen LogP contribution is -2.21. The summed E-state index contributed by atoms with van der Waals surface area (Å²) < 4.78 is 2.22. The highest BCUT2D eigenvalue weighted by molar-refractivity contribution is 5.76. The Hall–Kier alpha value is -1.86. The summed E-state index contributed by atoms with van der Waals surface area (Å²) in [7, 11) is 0. The number of benzene rings is 1. The number of likely N-dealkylation sites (tertiary alicyclic amines) is 1. The first-order valence-electron chi connectivity index (χ1n) is 7.33. The zero-order valence-corrected chi connectivity index (χ0v) is 12.0. The summed E-state index contributed by atoms with van der Waals surface area (Å²) in [5.41, 5.74) is 3.44. The number of hydrogen-bond acceptors (Lipinski definition) is 3. The van der Waals surface area contributed by atoms with E-state index in [1.807, 2.05) is 0 Å². The van der Waals surface area contributed by atoms with Crippen LogP contribution in [0.15, 0.2) is 18.2 Å². The lowest BCUT2D eigenvalue weighted by molar-refractivity contribution is 0.317. The SMILES string of the molecule is Cc1ccc2c(c1)nc(CN1CCCC1)n2CCC#N. The molecule has 0 radical (unpaired) electrons. The third kappa shape index (κ3) is 2.54. The van der Waals surface area contributed by atoms with Crippen LogP contribution in [0.25, 0.3) is 11.0 Å². The highest BCUT2D eigenvalue weighted by Crippen LogP contribution is 2.20. The predicted molar refractivity (Wildman–Crippen MR) is 79.2 cm³/mol. The van der Waals surface area contributed by atoms with Crippen molar-refractivity contribution in [2.45, 2.75) is 39.3 Å². The summed E-state index contributed by atoms with van der Waals surface area (Å²) in [5.74, 6) is 1.10. The molecule has 1 saturated heterocycles. The Labute approximate surface area is 119 Å². The summed E-state index contributed by atoms with van der Waals surface area (Å²) in [5, 5.41) is 8.86. The van der Waals surface area contributed by atoms with E-state index in [1.165, 1.54) is 31.5 Å². The topological polar surface area (TPSA) is 44.9 Å². The molecule has 0 aliphatic carbocycles. The Morgan fingerprint density at radius 2 is 2.10 bits per heavy atom. The van der Waals surface area contributed by atoms with Gasteiger partial charge in [-0.25, -0.2) is 4.98 Å². The quantitative estimate of drug-likeness (QED) is 0.856. The van der Waals surface area contributed by atoms with Gasteiger partial charge in [0.25, 0.3) is 0 Å². The molecule has 4 heteroatoms. The minimum atomic E-state index is 0.534. The van der Waals surface area contributed by atoms with Gasteiger partial charge in [-0.2, -0.15) is 5.26 Å². The smallest absolute Gasteiger partial charge is 0.124 e. The van der Waals surface area contributed by atoms with Gasteiger partial charge < -0.3 is 4.57 Å². The van der Waals surface area contributed by atoms with Crippen molar-refractivity contribution >= 4 is 11.0 Å². The van der Waals surface area contributed by atoms with Gasteiger partial charge in [-0.15, -0.1) is 0 Å². The first-order valence-corrected chi connectivity index (χ1v) is 7.33. The zero-order chi connectivity index (χ0) is 13.9. The van der Waals surface area contributed by atoms with Crippen LogP contribution in [0.2, 0.25) is 0 Å². The lowest BCUT2D eigenvalue weighted by atomic mass is 10.2. The first-order chi connectivity index (χ1) is 9.78. The molecule has 0 unspecified atom stereocenters. The fraction of sp³-hybridized carbons (Fsp3) is 0.500. The largest absolute Gasteiger partial charge is 0.326 e. The number of aryl methyl sites for hydroxylation is 2. The maximum Gasteiger partial charge on any atom is 0.124 e. The van der Waals surface area contributed by atoms with Crippen LogP contribution in [0.1, 0.15) is 30.7 Å². The predicted octanol–water partition coefficient (Wildman–Crippen LogP) is 2.85. The Balaban J connectivity index is 1.97. The van der Waals surface area contributed by atoms with Crippen molar-refractivity contribution in [3.8, 4) is 6.07 Å². The first kappa shape index (κ1) is 13.1. The highest BCUT2D eigenvalue weighted by Gasteiger charge is 2.17. The van der Waals surface area contributed by atoms with Crippen molar-refractivity contribution in [3.05, 3.63) is 29.6 Å². The maximum atomic E-state index is 8.86. The average Bonchev–Trinajstić information content (AvgIpc) is 3.04. The van der Waals surface area contributed by atoms with Crippen LogP contribution in [0, 0.1) is 18.3 Å². The number of rotatable bonds is 4. The normalized spacial score (nSPS) is 15.8. The number of aromatic nitrogens is 2. The molecule has 2 aromatic rings. The minimum Gasteiger partial charge on any atom is -0.326 e. The molecule has 104 valence electrons. The van der Waals surface area contributed by atoms with Gasteiger partial charge >= 0.3 is 0 Å². The second kappa shape index (κ2) is 5.64. The van der Waals surface area contributed by atoms with E-state index in [0.717, 1.165) is 29.9 Å². The molecule has 2 heterocycles. The number of hydrogen-bond donors (Lipinski definition) is 0. The standard InChI is InChI=1S/C16H20N4/c1-13-5-6-15-14(11-13)18-16(20(15)10-4-7-17)12-19-8-2-3-9-19/h5-6,11H,2-4,8-10,12H2,1H3. The molecular weight excluding hydrogens is 248 g/mol. The zero-order valence-electron chi connectivity index (χ0n) is 12.0. The Bertz CT molecular complexity index is 644. The molecule has 0 N–H and O–H groups in total. The van der Waals surface area contributed by atoms with Crippen LogP contribution in [-0.2, 0) is 13.1 Å². The molecule has 1 aliphatic heterocycles. The Morgan fingerprint density at radius 1 is 1.30 bits per heavy atom. The fourth-order valence-corrected chi connectivity index (χ4v) is 2.96. The van der Waals surface area contributed by atoms with Crippen LogP contribution in [0.4, 0.5) is 0 Å². The molecule has 0 spiro atoms. The number of nitriles is 1. The molecular formula is C16H20N4. The van der Waals surface area contributed by atoms with Gasteiger partial charge in [0.15, 0.2) is 0 Å². The van der Waals surface area contributed by atoms with Crippen molar-refractivity contribution in [2.75, 3.05) is 13.1 Å². The second-order valence-electron chi connectivity index (χ2n) is 5.56. The van der Waals surface area contributed by atoms with E-state index < -0.39 is 0 Å². The van der Waals surface area contributed by atoms with E-state index in [0.29, 0.717) is 6.42 Å². The van der Waals surface area contributed by atoms with Gasteiger partial charge in [-0.05, 0) is 50.6 Å². The van der Waals surface area contributed by atoms with Crippen molar-refractivity contribution in [1.82, 2.24) is 14.5 Å². The Kier molecular flexibility index (Phi) is 3.70. The summed E-state index contributed by atoms with van der Waals surface area (Å²) >= 11 is 0. The van der Waals surface area contributed by atoms with Gasteiger partial charge in [0.1, 0.15) is 5.82 Å². The lowest BCUT2D eigenvalue weighted by Gasteiger charge is -2.15. The molecule has 0 amide bonds. The summed E-state index contributed by atoms with van der Waals surface area (Å²) in [4.78, 5) is 7.26. The van der Waals surface area contributed by atoms with Gasteiger partial charge in [0, 0.05) is 6.54 Å². The van der Waals surface area contributed by atoms with E-state index in [4.69, 9.17) is 10.2 Å². The van der Waals surface area contributed by atoms with E-state index in [-0.39, 0.29) is 0 Å². The number of nitrogens with zero attached hydrogens (tertiary/aromatic N) is 4. The van der Waals surface area contributed by atoms with Gasteiger partial charge in [0.05, 0.1) is 30.1 Å². The monoisotopic (exact) mass is 268 g/mol. The van der Waals surface area contributed by atoms with Crippen molar-refractivity contribution in [2.24, 2.45) is 0 Å². The molecule has 3 rings (SSSR count). The molecule has 1 aliphatic rings. The van der Waals surface area contributed by atoms with Crippen molar-refractivity contribution in [3.63, 3.8) is 0 Å². The van der Waals surface area contributed by atoms with E-state index in [1.54, 1.807) is 0 Å². The maximum absolute atomic E-state index is 8.86. The third-order valence-electron chi connectivity index (χ3n) is 3.99. The van der Waals surface area contributed by atoms with Crippen molar-refractivity contribution < 1.29 is 0 Å². The van der Waals surface area contributed by atoms with Crippen LogP contribution in [0.5, 0.6) is 0 Å². The van der Waals surface area contributed by atoms with E-state index in [9.17, 15) is 0 Å². The van der Waals surface area contributed by atoms with Crippen LogP contribution in [0.3, 0.4) is 0 Å². The van der Waals surface area contributed by atoms with Gasteiger partial charge in [-0.3, -0.25) is 4.90 Å². The number of fused-ring (bicyclic) bond motifs is 1. The average molecular weight is 268 g/mol. The van der Waals surface area contributed by atoms with Crippen LogP contribution >= 0.6 is 0 Å². The molecule has 1 fully saturated rings. The molecule has 0 saturated carbocycles. The molecule has 1 aromatic carbocycles. The molecule has 0 bridgehead atoms. The second-order valence-corrected chi connectivity index (χ2v) is 5.56. The molecule has 1 aromatic heterocycles. The minimum absolute atomic E-state index is 0.534. The molecule has 0 atom stereocenters. The van der Waals surface area contributed by atoms with Crippen molar-refractivity contribution in [1.29, 1.82) is 5.26 Å². The number of imidazole rings is 1. The Morgan fingerprint density at radius 3 is 2.85 bits per heavy atom. The summed E-state index contributed by atoms with van der Waals surface area (Å²) in [6.45, 7) is 6.06. The fourth-order valence-electron chi connectivity index (χ4n) is 2.96. The molecule has 20 heavy (non-hydrogen) atoms. The highest BCUT2D eigenvalue weighted by atomic mass is 15.2. The van der Waals surface area contributed by atoms with E-state index >= 15 is 0 Å². The molecule has 4 nitrogen and oxygen atoms in total. The van der Waals surface area contributed by atoms with Crippen LogP contribution < -0.4 is 0 Å². The third-order valence-corrected chi connectivity index (χ3v) is 3.99. The summed E-state index contributed by atoms with van der Waals surface area (Å²) in [6, 6.07) is 8.62. The van der Waals surface area contributed by atoms with Crippen LogP contribution in [-0.4, -0.2) is 27.5 Å². The van der Waals surface area contributed by atoms with E-state index in [2.05, 4.69) is 40.7 Å². The van der Waals surface area contributed by atoms with Gasteiger partial charge in [0.2, 0.25) is 0 Å².